The summed E-state index contributed by atoms with van der Waals surface area (Å²) in [4.78, 5) is 12.8. The molecule has 0 aromatic heterocycles. The Hall–Kier alpha value is -2.06. The minimum absolute atomic E-state index is 0.224. The van der Waals surface area contributed by atoms with Gasteiger partial charge in [-0.25, -0.2) is 0 Å². The first-order valence-corrected chi connectivity index (χ1v) is 8.33. The van der Waals surface area contributed by atoms with Crippen molar-refractivity contribution in [3.05, 3.63) is 89.5 Å². The second-order valence-electron chi connectivity index (χ2n) is 5.85. The first-order valence-electron chi connectivity index (χ1n) is 7.45. The number of ketones is 1. The van der Waals surface area contributed by atoms with Gasteiger partial charge in [-0.3, -0.25) is 4.79 Å². The number of benzene rings is 2. The molecule has 0 amide bonds. The predicted octanol–water partition coefficient (Wildman–Crippen LogP) is 4.69. The third-order valence-corrected chi connectivity index (χ3v) is 5.78. The fourth-order valence-corrected chi connectivity index (χ4v) is 4.10. The van der Waals surface area contributed by atoms with E-state index in [1.54, 1.807) is 11.8 Å². The third-order valence-electron chi connectivity index (χ3n) is 4.30. The van der Waals surface area contributed by atoms with Gasteiger partial charge in [-0.05, 0) is 18.1 Å². The van der Waals surface area contributed by atoms with E-state index >= 15 is 0 Å². The number of fused-ring (bicyclic) bond motifs is 1. The number of rotatable bonds is 3. The van der Waals surface area contributed by atoms with Gasteiger partial charge in [-0.1, -0.05) is 78.4 Å². The summed E-state index contributed by atoms with van der Waals surface area (Å²) in [6, 6.07) is 18.2. The van der Waals surface area contributed by atoms with Crippen molar-refractivity contribution in [1.29, 1.82) is 0 Å². The lowest BCUT2D eigenvalue weighted by Crippen LogP contribution is -2.25. The Bertz CT molecular complexity index is 786. The third kappa shape index (κ3) is 2.15. The molecule has 4 rings (SSSR count). The molecule has 2 unspecified atom stereocenters. The van der Waals surface area contributed by atoms with Gasteiger partial charge in [0, 0.05) is 5.56 Å². The smallest absolute Gasteiger partial charge is 0.184 e. The fraction of sp³-hybridized carbons (Fsp3) is 0.150. The van der Waals surface area contributed by atoms with Crippen LogP contribution in [-0.4, -0.2) is 15.8 Å². The highest BCUT2D eigenvalue weighted by Gasteiger charge is 2.59. The second-order valence-corrected chi connectivity index (χ2v) is 7.27. The molecule has 0 bridgehead atoms. The van der Waals surface area contributed by atoms with E-state index in [4.69, 9.17) is 0 Å². The Morgan fingerprint density at radius 3 is 2.45 bits per heavy atom. The molecule has 1 nitrogen and oxygen atoms in total. The van der Waals surface area contributed by atoms with E-state index in [1.807, 2.05) is 49.4 Å². The van der Waals surface area contributed by atoms with Crippen LogP contribution in [0.5, 0.6) is 0 Å². The first kappa shape index (κ1) is 13.6. The zero-order chi connectivity index (χ0) is 15.2. The van der Waals surface area contributed by atoms with Crippen molar-refractivity contribution < 1.29 is 4.79 Å². The Balaban J connectivity index is 1.60. The monoisotopic (exact) mass is 304 g/mol. The summed E-state index contributed by atoms with van der Waals surface area (Å²) in [6.45, 7) is 2.04. The van der Waals surface area contributed by atoms with E-state index in [1.165, 1.54) is 16.7 Å². The molecule has 0 radical (unpaired) electrons. The largest absolute Gasteiger partial charge is 0.292 e. The summed E-state index contributed by atoms with van der Waals surface area (Å²) in [5.41, 5.74) is 4.41. The van der Waals surface area contributed by atoms with Gasteiger partial charge in [-0.15, -0.1) is 11.8 Å². The maximum Gasteiger partial charge on any atom is 0.184 e. The van der Waals surface area contributed by atoms with E-state index < -0.39 is 0 Å². The van der Waals surface area contributed by atoms with Crippen molar-refractivity contribution in [2.24, 2.45) is 0 Å². The average molecular weight is 304 g/mol. The van der Waals surface area contributed by atoms with E-state index in [-0.39, 0.29) is 15.8 Å². The summed E-state index contributed by atoms with van der Waals surface area (Å²) in [6.07, 6.45) is 6.41. The average Bonchev–Trinajstić information content (AvgIpc) is 3.30. The lowest BCUT2D eigenvalue weighted by molar-refractivity contribution is 0.0976. The summed E-state index contributed by atoms with van der Waals surface area (Å²) in [5.74, 6) is 0.224. The summed E-state index contributed by atoms with van der Waals surface area (Å²) in [7, 11) is 0. The Morgan fingerprint density at radius 2 is 1.77 bits per heavy atom. The van der Waals surface area contributed by atoms with Crippen molar-refractivity contribution in [1.82, 2.24) is 0 Å². The van der Waals surface area contributed by atoms with Gasteiger partial charge in [0.15, 0.2) is 5.78 Å². The number of allylic oxidation sites excluding steroid dienone is 2. The van der Waals surface area contributed by atoms with Crippen LogP contribution in [0.25, 0.3) is 5.57 Å². The van der Waals surface area contributed by atoms with Gasteiger partial charge in [0.25, 0.3) is 0 Å². The van der Waals surface area contributed by atoms with Crippen molar-refractivity contribution in [2.45, 2.75) is 16.9 Å². The fourth-order valence-electron chi connectivity index (χ4n) is 2.91. The first-order chi connectivity index (χ1) is 10.7. The summed E-state index contributed by atoms with van der Waals surface area (Å²) in [5, 5.41) is 0.265. The maximum absolute atomic E-state index is 12.8. The molecule has 2 heteroatoms. The molecule has 2 atom stereocenters. The molecule has 0 spiro atoms. The van der Waals surface area contributed by atoms with Crippen molar-refractivity contribution in [3.8, 4) is 0 Å². The predicted molar refractivity (Wildman–Crippen MR) is 93.2 cm³/mol. The minimum atomic E-state index is -0.368. The molecule has 1 heterocycles. The Morgan fingerprint density at radius 1 is 1.05 bits per heavy atom. The second kappa shape index (κ2) is 4.99. The SMILES string of the molecule is Cc1ccc(C(=O)C23C=CC(c4ccccc4)=CC2S3)cc1. The van der Waals surface area contributed by atoms with Crippen molar-refractivity contribution in [2.75, 3.05) is 0 Å². The van der Waals surface area contributed by atoms with Crippen LogP contribution in [0.4, 0.5) is 0 Å². The number of aryl methyl sites for hydroxylation is 1. The van der Waals surface area contributed by atoms with Crippen LogP contribution in [0.15, 0.2) is 72.8 Å². The van der Waals surface area contributed by atoms with Crippen LogP contribution in [0.1, 0.15) is 21.5 Å². The van der Waals surface area contributed by atoms with Crippen molar-refractivity contribution >= 4 is 23.1 Å². The molecule has 1 aliphatic carbocycles. The quantitative estimate of drug-likeness (QED) is 0.604. The molecular formula is C20H16OS. The van der Waals surface area contributed by atoms with Gasteiger partial charge >= 0.3 is 0 Å². The molecular weight excluding hydrogens is 288 g/mol. The Kier molecular flexibility index (Phi) is 3.08. The van der Waals surface area contributed by atoms with Crippen LogP contribution >= 0.6 is 11.8 Å². The lowest BCUT2D eigenvalue weighted by atomic mass is 9.87. The summed E-state index contributed by atoms with van der Waals surface area (Å²) < 4.78 is -0.368. The standard InChI is InChI=1S/C20H16OS/c1-14-7-9-16(10-8-14)19(21)20-12-11-17(13-18(20)22-20)15-5-3-2-4-6-15/h2-13,18H,1H3. The normalized spacial score (nSPS) is 25.3. The molecule has 2 aromatic rings. The highest BCUT2D eigenvalue weighted by atomic mass is 32.2. The number of carbonyl (C=O) groups excluding carboxylic acids is 1. The van der Waals surface area contributed by atoms with Gasteiger partial charge in [0.05, 0.1) is 5.25 Å². The number of hydrogen-bond acceptors (Lipinski definition) is 2. The number of hydrogen-bond donors (Lipinski definition) is 0. The Labute approximate surface area is 134 Å². The van der Waals surface area contributed by atoms with E-state index in [9.17, 15) is 4.79 Å². The molecule has 0 N–H and O–H groups in total. The van der Waals surface area contributed by atoms with E-state index in [0.717, 1.165) is 5.56 Å². The highest BCUT2D eigenvalue weighted by molar-refractivity contribution is 8.10. The van der Waals surface area contributed by atoms with Gasteiger partial charge in [-0.2, -0.15) is 0 Å². The molecule has 0 saturated carbocycles. The van der Waals surface area contributed by atoms with Gasteiger partial charge in [0.1, 0.15) is 4.75 Å². The van der Waals surface area contributed by atoms with Crippen LogP contribution in [0.3, 0.4) is 0 Å². The van der Waals surface area contributed by atoms with Crippen LogP contribution in [0, 0.1) is 6.92 Å². The molecule has 1 fully saturated rings. The van der Waals surface area contributed by atoms with E-state index in [2.05, 4.69) is 30.4 Å². The van der Waals surface area contributed by atoms with Crippen LogP contribution < -0.4 is 0 Å². The van der Waals surface area contributed by atoms with Gasteiger partial charge < -0.3 is 0 Å². The minimum Gasteiger partial charge on any atom is -0.292 e. The van der Waals surface area contributed by atoms with Gasteiger partial charge in [0.2, 0.25) is 0 Å². The van der Waals surface area contributed by atoms with Crippen molar-refractivity contribution in [3.63, 3.8) is 0 Å². The maximum atomic E-state index is 12.8. The van der Waals surface area contributed by atoms with Crippen LogP contribution in [-0.2, 0) is 0 Å². The van der Waals surface area contributed by atoms with Crippen LogP contribution in [0.2, 0.25) is 0 Å². The molecule has 2 aliphatic rings. The van der Waals surface area contributed by atoms with E-state index in [0.29, 0.717) is 0 Å². The number of thioether (sulfide) groups is 1. The molecule has 2 aromatic carbocycles. The molecule has 1 saturated heterocycles. The molecule has 1 aliphatic heterocycles. The topological polar surface area (TPSA) is 17.1 Å². The zero-order valence-corrected chi connectivity index (χ0v) is 13.1. The molecule has 108 valence electrons. The summed E-state index contributed by atoms with van der Waals surface area (Å²) >= 11 is 1.74. The highest BCUT2D eigenvalue weighted by Crippen LogP contribution is 2.59. The molecule has 22 heavy (non-hydrogen) atoms. The number of Topliss-reactive ketones (excluding diaryl/α,β-unsaturated/α-hetero) is 1. The zero-order valence-electron chi connectivity index (χ0n) is 12.3. The number of carbonyl (C=O) groups is 1. The lowest BCUT2D eigenvalue weighted by Gasteiger charge is -2.14.